The summed E-state index contributed by atoms with van der Waals surface area (Å²) in [4.78, 5) is 24.2. The van der Waals surface area contributed by atoms with Gasteiger partial charge in [-0.3, -0.25) is 0 Å². The molecule has 0 fully saturated rings. The zero-order chi connectivity index (χ0) is 18.4. The lowest BCUT2D eigenvalue weighted by Crippen LogP contribution is -2.40. The number of alkyl halides is 1. The van der Waals surface area contributed by atoms with Gasteiger partial charge < -0.3 is 19.5 Å². The number of ether oxygens (including phenoxy) is 3. The highest BCUT2D eigenvalue weighted by Crippen LogP contribution is 2.43. The molecule has 3 unspecified atom stereocenters. The van der Waals surface area contributed by atoms with Gasteiger partial charge in [0.1, 0.15) is 6.61 Å². The van der Waals surface area contributed by atoms with Crippen molar-refractivity contribution in [3.05, 3.63) is 35.1 Å². The molecule has 1 aliphatic heterocycles. The number of carbonyl (C=O) groups is 2. The maximum atomic E-state index is 12.4. The Bertz CT molecular complexity index is 611. The maximum Gasteiger partial charge on any atom is 0.410 e. The van der Waals surface area contributed by atoms with Gasteiger partial charge in [0, 0.05) is 18.3 Å². The van der Waals surface area contributed by atoms with Gasteiger partial charge in [0.25, 0.3) is 6.29 Å². The van der Waals surface area contributed by atoms with Crippen molar-refractivity contribution < 1.29 is 23.8 Å². The first kappa shape index (κ1) is 19.4. The Morgan fingerprint density at radius 2 is 2.24 bits per heavy atom. The van der Waals surface area contributed by atoms with E-state index < -0.39 is 18.4 Å². The Labute approximate surface area is 152 Å². The van der Waals surface area contributed by atoms with E-state index in [1.165, 1.54) is 6.26 Å². The Balaban J connectivity index is 2.06. The lowest BCUT2D eigenvalue weighted by Gasteiger charge is -2.33. The highest BCUT2D eigenvalue weighted by Gasteiger charge is 2.44. The number of halogens is 1. The quantitative estimate of drug-likeness (QED) is 0.442. The fraction of sp³-hybridized carbons (Fsp3) is 0.556. The maximum absolute atomic E-state index is 12.4. The molecule has 138 valence electrons. The molecule has 7 heteroatoms. The molecule has 0 aromatic heterocycles. The van der Waals surface area contributed by atoms with E-state index >= 15 is 0 Å². The van der Waals surface area contributed by atoms with E-state index in [1.54, 1.807) is 0 Å². The summed E-state index contributed by atoms with van der Waals surface area (Å²) >= 11 is 5.54. The molecule has 0 bridgehead atoms. The predicted octanol–water partition coefficient (Wildman–Crippen LogP) is 3.28. The van der Waals surface area contributed by atoms with Crippen molar-refractivity contribution in [2.45, 2.75) is 33.5 Å². The zero-order valence-electron chi connectivity index (χ0n) is 14.7. The van der Waals surface area contributed by atoms with Gasteiger partial charge in [0.2, 0.25) is 0 Å². The van der Waals surface area contributed by atoms with Crippen LogP contribution in [0.3, 0.4) is 0 Å². The molecule has 0 radical (unpaired) electrons. The van der Waals surface area contributed by atoms with Crippen LogP contribution < -0.4 is 5.32 Å². The van der Waals surface area contributed by atoms with Crippen molar-refractivity contribution in [2.24, 2.45) is 11.8 Å². The standard InChI is InChI=1S/C18H24ClNO5/c1-4-11(2)9-23-16(21)14-10-24-17(25-18(22)20-8-7-19)15-12(3)5-6-13(14)15/h4-5,10,13,15,17H,6-9H2,1-3H3,(H,20,22)/b11-4+. The highest BCUT2D eigenvalue weighted by atomic mass is 35.5. The van der Waals surface area contributed by atoms with Crippen LogP contribution in [-0.2, 0) is 19.0 Å². The number of alkyl carbamates (subject to hydrolysis) is 1. The lowest BCUT2D eigenvalue weighted by molar-refractivity contribution is -0.143. The monoisotopic (exact) mass is 369 g/mol. The normalized spacial score (nSPS) is 25.3. The lowest BCUT2D eigenvalue weighted by atomic mass is 9.84. The van der Waals surface area contributed by atoms with E-state index in [0.29, 0.717) is 24.4 Å². The van der Waals surface area contributed by atoms with E-state index in [4.69, 9.17) is 25.8 Å². The molecule has 3 atom stereocenters. The molecule has 0 aromatic rings. The Morgan fingerprint density at radius 1 is 1.48 bits per heavy atom. The number of fused-ring (bicyclic) bond motifs is 1. The summed E-state index contributed by atoms with van der Waals surface area (Å²) in [5.41, 5.74) is 2.48. The Morgan fingerprint density at radius 3 is 2.92 bits per heavy atom. The molecular weight excluding hydrogens is 346 g/mol. The number of nitrogens with one attached hydrogen (secondary N) is 1. The predicted molar refractivity (Wildman–Crippen MR) is 93.9 cm³/mol. The van der Waals surface area contributed by atoms with Crippen LogP contribution in [0.4, 0.5) is 4.79 Å². The molecular formula is C18H24ClNO5. The third kappa shape index (κ3) is 4.78. The smallest absolute Gasteiger partial charge is 0.410 e. The number of esters is 1. The summed E-state index contributed by atoms with van der Waals surface area (Å²) in [5, 5.41) is 2.54. The third-order valence-corrected chi connectivity index (χ3v) is 4.61. The molecule has 0 aromatic carbocycles. The van der Waals surface area contributed by atoms with E-state index in [2.05, 4.69) is 5.32 Å². The second kappa shape index (κ2) is 8.94. The van der Waals surface area contributed by atoms with Crippen LogP contribution in [0, 0.1) is 11.8 Å². The fourth-order valence-electron chi connectivity index (χ4n) is 2.89. The van der Waals surface area contributed by atoms with Gasteiger partial charge in [-0.25, -0.2) is 9.59 Å². The summed E-state index contributed by atoms with van der Waals surface area (Å²) in [6, 6.07) is 0. The second-order valence-corrected chi connectivity index (χ2v) is 6.50. The van der Waals surface area contributed by atoms with Gasteiger partial charge in [-0.05, 0) is 32.8 Å². The van der Waals surface area contributed by atoms with Gasteiger partial charge in [-0.1, -0.05) is 17.7 Å². The van der Waals surface area contributed by atoms with Gasteiger partial charge in [-0.15, -0.1) is 11.6 Å². The average Bonchev–Trinajstić information content (AvgIpc) is 3.00. The molecule has 0 spiro atoms. The van der Waals surface area contributed by atoms with Gasteiger partial charge in [-0.2, -0.15) is 0 Å². The number of hydrogen-bond acceptors (Lipinski definition) is 5. The molecule has 0 saturated carbocycles. The SMILES string of the molecule is C/C=C(\C)COC(=O)C1=COC(OC(=O)NCCCl)C2C(C)=CCC12. The van der Waals surface area contributed by atoms with Crippen LogP contribution in [0.5, 0.6) is 0 Å². The minimum absolute atomic E-state index is 0.113. The van der Waals surface area contributed by atoms with Gasteiger partial charge in [0.15, 0.2) is 0 Å². The zero-order valence-corrected chi connectivity index (χ0v) is 15.5. The van der Waals surface area contributed by atoms with Crippen LogP contribution in [0.25, 0.3) is 0 Å². The third-order valence-electron chi connectivity index (χ3n) is 4.42. The van der Waals surface area contributed by atoms with E-state index in [9.17, 15) is 9.59 Å². The molecule has 1 aliphatic carbocycles. The van der Waals surface area contributed by atoms with Crippen LogP contribution in [0.15, 0.2) is 35.1 Å². The molecule has 0 saturated heterocycles. The number of hydrogen-bond donors (Lipinski definition) is 1. The van der Waals surface area contributed by atoms with Crippen molar-refractivity contribution in [3.8, 4) is 0 Å². The summed E-state index contributed by atoms with van der Waals surface area (Å²) < 4.78 is 16.2. The van der Waals surface area contributed by atoms with Crippen molar-refractivity contribution in [1.82, 2.24) is 5.32 Å². The number of amides is 1. The molecule has 6 nitrogen and oxygen atoms in total. The molecule has 1 heterocycles. The van der Waals surface area contributed by atoms with Crippen molar-refractivity contribution in [1.29, 1.82) is 0 Å². The van der Waals surface area contributed by atoms with Crippen LogP contribution in [-0.4, -0.2) is 37.4 Å². The molecule has 1 N–H and O–H groups in total. The Hall–Kier alpha value is -1.95. The van der Waals surface area contributed by atoms with Crippen molar-refractivity contribution >= 4 is 23.7 Å². The number of rotatable bonds is 6. The first-order chi connectivity index (χ1) is 12.0. The largest absolute Gasteiger partial charge is 0.461 e. The van der Waals surface area contributed by atoms with Crippen molar-refractivity contribution in [2.75, 3.05) is 19.0 Å². The highest BCUT2D eigenvalue weighted by molar-refractivity contribution is 6.18. The van der Waals surface area contributed by atoms with Gasteiger partial charge >= 0.3 is 12.1 Å². The van der Waals surface area contributed by atoms with E-state index in [1.807, 2.05) is 32.9 Å². The van der Waals surface area contributed by atoms with Crippen LogP contribution >= 0.6 is 11.6 Å². The fourth-order valence-corrected chi connectivity index (χ4v) is 2.99. The molecule has 1 amide bonds. The average molecular weight is 370 g/mol. The molecule has 2 aliphatic rings. The Kier molecular flexibility index (Phi) is 6.93. The van der Waals surface area contributed by atoms with E-state index in [-0.39, 0.29) is 18.4 Å². The number of allylic oxidation sites excluding steroid dienone is 2. The summed E-state index contributed by atoms with van der Waals surface area (Å²) in [6.07, 6.45) is 4.62. The summed E-state index contributed by atoms with van der Waals surface area (Å²) in [5.74, 6) is -0.410. The topological polar surface area (TPSA) is 73.9 Å². The number of carbonyl (C=O) groups excluding carboxylic acids is 2. The summed E-state index contributed by atoms with van der Waals surface area (Å²) in [6.45, 7) is 6.29. The van der Waals surface area contributed by atoms with Crippen LogP contribution in [0.2, 0.25) is 0 Å². The molecule has 2 rings (SSSR count). The second-order valence-electron chi connectivity index (χ2n) is 6.13. The van der Waals surface area contributed by atoms with Crippen LogP contribution in [0.1, 0.15) is 27.2 Å². The minimum atomic E-state index is -0.770. The van der Waals surface area contributed by atoms with Crippen molar-refractivity contribution in [3.63, 3.8) is 0 Å². The first-order valence-corrected chi connectivity index (χ1v) is 8.83. The minimum Gasteiger partial charge on any atom is -0.461 e. The summed E-state index contributed by atoms with van der Waals surface area (Å²) in [7, 11) is 0. The molecule has 25 heavy (non-hydrogen) atoms. The van der Waals surface area contributed by atoms with Gasteiger partial charge in [0.05, 0.1) is 17.8 Å². The first-order valence-electron chi connectivity index (χ1n) is 8.29. The van der Waals surface area contributed by atoms with E-state index in [0.717, 1.165) is 11.1 Å².